The summed E-state index contributed by atoms with van der Waals surface area (Å²) in [6.45, 7) is 7.24. The number of nitrogens with zero attached hydrogens (tertiary/aromatic N) is 4. The van der Waals surface area contributed by atoms with Gasteiger partial charge in [0.2, 0.25) is 0 Å². The number of benzene rings is 1. The molecule has 3 heterocycles. The Kier molecular flexibility index (Phi) is 9.90. The number of fused-ring (bicyclic) bond motifs is 1. The molecular formula is C28H39N6O8P. The number of hydrogen-bond acceptors (Lipinski definition) is 12. The monoisotopic (exact) mass is 618 g/mol. The highest BCUT2D eigenvalue weighted by Crippen LogP contribution is 2.47. The van der Waals surface area contributed by atoms with Crippen molar-refractivity contribution in [3.63, 3.8) is 0 Å². The Bertz CT molecular complexity index is 1480. The number of aromatic nitrogens is 3. The number of anilines is 1. The van der Waals surface area contributed by atoms with Gasteiger partial charge < -0.3 is 29.9 Å². The van der Waals surface area contributed by atoms with Gasteiger partial charge in [-0.3, -0.25) is 14.3 Å². The van der Waals surface area contributed by atoms with Crippen LogP contribution in [0.3, 0.4) is 0 Å². The second-order valence-electron chi connectivity index (χ2n) is 11.5. The second-order valence-corrected chi connectivity index (χ2v) is 13.2. The average Bonchev–Trinajstić information content (AvgIpc) is 3.49. The lowest BCUT2D eigenvalue weighted by atomic mass is 9.92. The lowest BCUT2D eigenvalue weighted by molar-refractivity contribution is -0.146. The molecule has 0 radical (unpaired) electrons. The van der Waals surface area contributed by atoms with Gasteiger partial charge in [-0.2, -0.15) is 10.2 Å². The molecule has 0 saturated carbocycles. The molecule has 1 aliphatic heterocycles. The molecule has 6 atom stereocenters. The van der Waals surface area contributed by atoms with Crippen molar-refractivity contribution in [2.45, 2.75) is 64.1 Å². The Morgan fingerprint density at radius 1 is 1.28 bits per heavy atom. The van der Waals surface area contributed by atoms with Gasteiger partial charge in [-0.1, -0.05) is 39.0 Å². The van der Waals surface area contributed by atoms with Crippen LogP contribution in [0.2, 0.25) is 0 Å². The Balaban J connectivity index is 1.55. The maximum absolute atomic E-state index is 14.0. The van der Waals surface area contributed by atoms with Crippen LogP contribution in [0.4, 0.5) is 5.82 Å². The van der Waals surface area contributed by atoms with Crippen molar-refractivity contribution in [2.75, 3.05) is 26.0 Å². The van der Waals surface area contributed by atoms with Gasteiger partial charge in [0.1, 0.15) is 41.9 Å². The van der Waals surface area contributed by atoms with E-state index in [9.17, 15) is 19.6 Å². The van der Waals surface area contributed by atoms with Crippen LogP contribution in [0.5, 0.6) is 5.75 Å². The molecule has 0 spiro atoms. The van der Waals surface area contributed by atoms with E-state index in [0.29, 0.717) is 17.6 Å². The summed E-state index contributed by atoms with van der Waals surface area (Å²) in [5, 5.41) is 29.1. The van der Waals surface area contributed by atoms with E-state index < -0.39 is 50.3 Å². The van der Waals surface area contributed by atoms with E-state index in [2.05, 4.69) is 20.2 Å². The number of esters is 1. The smallest absolute Gasteiger partial charge is 0.459 e. The molecule has 14 nitrogen and oxygen atoms in total. The molecule has 15 heteroatoms. The maximum Gasteiger partial charge on any atom is 0.459 e. The molecule has 5 N–H and O–H groups in total. The molecule has 1 fully saturated rings. The number of nitrogens with one attached hydrogen (secondary N) is 1. The molecule has 0 bridgehead atoms. The largest absolute Gasteiger partial charge is 0.465 e. The van der Waals surface area contributed by atoms with Gasteiger partial charge in [-0.25, -0.2) is 14.1 Å². The predicted molar refractivity (Wildman–Crippen MR) is 159 cm³/mol. The van der Waals surface area contributed by atoms with Crippen LogP contribution in [0.15, 0.2) is 53.8 Å². The number of carbonyl (C=O) groups excluding carboxylic acids is 1. The third-order valence-electron chi connectivity index (χ3n) is 6.87. The van der Waals surface area contributed by atoms with Gasteiger partial charge in [0.15, 0.2) is 11.4 Å². The highest BCUT2D eigenvalue weighted by Gasteiger charge is 2.56. The van der Waals surface area contributed by atoms with Crippen molar-refractivity contribution >= 4 is 31.3 Å². The summed E-state index contributed by atoms with van der Waals surface area (Å²) in [4.78, 5) is 20.7. The summed E-state index contributed by atoms with van der Waals surface area (Å²) in [5.74, 6) is -0.227. The van der Waals surface area contributed by atoms with E-state index in [-0.39, 0.29) is 23.6 Å². The summed E-state index contributed by atoms with van der Waals surface area (Å²) in [6, 6.07) is 10.5. The fraction of sp³-hybridized carbons (Fsp3) is 0.500. The Morgan fingerprint density at radius 3 is 2.67 bits per heavy atom. The van der Waals surface area contributed by atoms with Gasteiger partial charge in [0, 0.05) is 13.3 Å². The van der Waals surface area contributed by atoms with E-state index in [1.165, 1.54) is 31.0 Å². The number of para-hydroxylation sites is 1. The standard InChI is InChI=1S/C28H39N6O8P/c1-18(26(37)39-14-13-27(2,3)4)33-43(38,42-19-9-7-6-8-10-19)40-15-21-23(35)24(36)28(41-21,16-30-5)22-12-11-20-25(29)31-17-32-34(20)22/h6-12,16-18,21,23-24,35-36H,13-15H2,1-5H3,(H,33,38)(H2,29,31,32)/t18-,21+,23+,24+,28-,43?/m0/s1. The minimum absolute atomic E-state index is 0.0388. The van der Waals surface area contributed by atoms with E-state index in [1.807, 2.05) is 20.8 Å². The number of nitrogens with two attached hydrogens (primary N) is 1. The maximum atomic E-state index is 14.0. The van der Waals surface area contributed by atoms with Crippen LogP contribution in [0, 0.1) is 5.41 Å². The first-order chi connectivity index (χ1) is 20.3. The quantitative estimate of drug-likeness (QED) is 0.132. The number of ether oxygens (including phenoxy) is 2. The number of aliphatic imine (C=N–C) groups is 1. The first-order valence-electron chi connectivity index (χ1n) is 13.8. The fourth-order valence-electron chi connectivity index (χ4n) is 4.56. The Morgan fingerprint density at radius 2 is 2.00 bits per heavy atom. The molecule has 3 aromatic rings. The first-order valence-corrected chi connectivity index (χ1v) is 15.3. The van der Waals surface area contributed by atoms with Gasteiger partial charge in [0.25, 0.3) is 0 Å². The summed E-state index contributed by atoms with van der Waals surface area (Å²) < 4.78 is 38.4. The predicted octanol–water partition coefficient (Wildman–Crippen LogP) is 2.49. The number of carbonyl (C=O) groups is 1. The van der Waals surface area contributed by atoms with Crippen LogP contribution < -0.4 is 15.3 Å². The fourth-order valence-corrected chi connectivity index (χ4v) is 6.06. The highest BCUT2D eigenvalue weighted by molar-refractivity contribution is 7.52. The molecule has 43 heavy (non-hydrogen) atoms. The van der Waals surface area contributed by atoms with Gasteiger partial charge in [-0.15, -0.1) is 0 Å². The summed E-state index contributed by atoms with van der Waals surface area (Å²) in [6.07, 6.45) is -1.02. The zero-order valence-electron chi connectivity index (χ0n) is 24.8. The second kappa shape index (κ2) is 13.1. The number of aliphatic hydroxyl groups excluding tert-OH is 2. The SMILES string of the molecule is CN=C[C@@]1(c2ccc3c(N)ncnn23)O[C@H](COP(=O)(N[C@@H](C)C(=O)OCCC(C)(C)C)Oc2ccccc2)[C@@H](O)[C@H]1O. The minimum atomic E-state index is -4.28. The minimum Gasteiger partial charge on any atom is -0.465 e. The third kappa shape index (κ3) is 7.40. The lowest BCUT2D eigenvalue weighted by Crippen LogP contribution is -2.43. The molecule has 4 rings (SSSR count). The van der Waals surface area contributed by atoms with E-state index in [4.69, 9.17) is 24.3 Å². The zero-order chi connectivity index (χ0) is 31.4. The van der Waals surface area contributed by atoms with Gasteiger partial charge in [-0.05, 0) is 43.0 Å². The van der Waals surface area contributed by atoms with E-state index in [1.54, 1.807) is 42.5 Å². The summed E-state index contributed by atoms with van der Waals surface area (Å²) in [5.41, 5.74) is 5.05. The normalized spacial score (nSPS) is 24.7. The molecule has 0 amide bonds. The Labute approximate surface area is 249 Å². The zero-order valence-corrected chi connectivity index (χ0v) is 25.7. The van der Waals surface area contributed by atoms with Crippen molar-refractivity contribution in [3.8, 4) is 5.75 Å². The summed E-state index contributed by atoms with van der Waals surface area (Å²) in [7, 11) is -2.79. The van der Waals surface area contributed by atoms with Gasteiger partial charge in [0.05, 0.1) is 18.9 Å². The molecule has 0 aliphatic carbocycles. The average molecular weight is 619 g/mol. The molecule has 2 aromatic heterocycles. The van der Waals surface area contributed by atoms with Crippen LogP contribution in [-0.4, -0.2) is 81.6 Å². The summed E-state index contributed by atoms with van der Waals surface area (Å²) >= 11 is 0. The number of hydrogen-bond donors (Lipinski definition) is 4. The van der Waals surface area contributed by atoms with Crippen molar-refractivity contribution in [3.05, 3.63) is 54.5 Å². The topological polar surface area (TPSA) is 192 Å². The molecule has 1 saturated heterocycles. The van der Waals surface area contributed by atoms with E-state index in [0.717, 1.165) is 0 Å². The molecule has 1 unspecified atom stereocenters. The number of aliphatic hydroxyl groups is 2. The third-order valence-corrected chi connectivity index (χ3v) is 8.52. The van der Waals surface area contributed by atoms with E-state index >= 15 is 0 Å². The Hall–Kier alpha value is -3.39. The highest BCUT2D eigenvalue weighted by atomic mass is 31.2. The van der Waals surface area contributed by atoms with Crippen LogP contribution in [0.1, 0.15) is 39.8 Å². The van der Waals surface area contributed by atoms with Crippen LogP contribution in [0.25, 0.3) is 5.52 Å². The number of nitrogen functional groups attached to an aromatic ring is 1. The van der Waals surface area contributed by atoms with Crippen LogP contribution >= 0.6 is 7.75 Å². The van der Waals surface area contributed by atoms with Crippen molar-refractivity contribution < 1.29 is 38.1 Å². The molecule has 1 aliphatic rings. The van der Waals surface area contributed by atoms with Crippen molar-refractivity contribution in [1.82, 2.24) is 19.7 Å². The molecule has 234 valence electrons. The van der Waals surface area contributed by atoms with Crippen molar-refractivity contribution in [2.24, 2.45) is 10.4 Å². The van der Waals surface area contributed by atoms with Gasteiger partial charge >= 0.3 is 13.7 Å². The first kappa shape index (κ1) is 32.5. The molecule has 1 aromatic carbocycles. The van der Waals surface area contributed by atoms with Crippen molar-refractivity contribution in [1.29, 1.82) is 0 Å². The van der Waals surface area contributed by atoms with Crippen LogP contribution in [-0.2, 0) is 29.0 Å². The lowest BCUT2D eigenvalue weighted by Gasteiger charge is -2.28. The molecular weight excluding hydrogens is 579 g/mol. The number of rotatable bonds is 12.